The van der Waals surface area contributed by atoms with E-state index in [9.17, 15) is 0 Å². The lowest BCUT2D eigenvalue weighted by atomic mass is 10.2. The number of hydrogen-bond donors (Lipinski definition) is 0. The molecule has 0 fully saturated rings. The molecule has 5 heteroatoms. The van der Waals surface area contributed by atoms with Gasteiger partial charge >= 0.3 is 0 Å². The number of halogens is 1. The minimum absolute atomic E-state index is 0.696. The van der Waals surface area contributed by atoms with Crippen LogP contribution in [0.25, 0.3) is 0 Å². The number of nitrogens with zero attached hydrogens (tertiary/aromatic N) is 4. The average Bonchev–Trinajstić information content (AvgIpc) is 2.56. The third-order valence-electron chi connectivity index (χ3n) is 2.12. The Morgan fingerprint density at radius 2 is 1.94 bits per heavy atom. The van der Waals surface area contributed by atoms with Crippen LogP contribution in [0.15, 0.2) is 29.4 Å². The summed E-state index contributed by atoms with van der Waals surface area (Å²) in [5, 5.41) is 12.8. The molecule has 0 saturated heterocycles. The first-order valence-electron chi connectivity index (χ1n) is 4.85. The largest absolute Gasteiger partial charge is 0.202 e. The molecule has 4 nitrogen and oxygen atoms in total. The van der Waals surface area contributed by atoms with Crippen molar-refractivity contribution in [3.8, 4) is 0 Å². The van der Waals surface area contributed by atoms with Crippen LogP contribution in [0.5, 0.6) is 0 Å². The van der Waals surface area contributed by atoms with Crippen molar-refractivity contribution in [1.29, 1.82) is 0 Å². The minimum Gasteiger partial charge on any atom is -0.202 e. The van der Waals surface area contributed by atoms with Gasteiger partial charge in [0.25, 0.3) is 0 Å². The normalized spacial score (nSPS) is 11.2. The first-order chi connectivity index (χ1) is 7.66. The van der Waals surface area contributed by atoms with Gasteiger partial charge in [0.2, 0.25) is 0 Å². The van der Waals surface area contributed by atoms with Crippen LogP contribution in [0, 0.1) is 13.8 Å². The molecule has 0 radical (unpaired) electrons. The molecular weight excluding hydrogens is 224 g/mol. The summed E-state index contributed by atoms with van der Waals surface area (Å²) in [4.78, 5) is 0. The van der Waals surface area contributed by atoms with Crippen LogP contribution in [0.4, 0.5) is 0 Å². The van der Waals surface area contributed by atoms with Gasteiger partial charge < -0.3 is 0 Å². The predicted molar refractivity (Wildman–Crippen MR) is 63.9 cm³/mol. The standard InChI is InChI=1S/C11H11ClN4/c1-8-14-15-9(2)16(8)13-7-10-4-3-5-11(12)6-10/h3-7H,1-2H3. The number of hydrogen-bond acceptors (Lipinski definition) is 3. The van der Waals surface area contributed by atoms with Crippen molar-refractivity contribution >= 4 is 17.8 Å². The Morgan fingerprint density at radius 3 is 2.56 bits per heavy atom. The molecule has 1 aromatic heterocycles. The lowest BCUT2D eigenvalue weighted by Crippen LogP contribution is -1.96. The fraction of sp³-hybridized carbons (Fsp3) is 0.182. The Bertz CT molecular complexity index is 511. The van der Waals surface area contributed by atoms with E-state index in [2.05, 4.69) is 15.3 Å². The molecule has 16 heavy (non-hydrogen) atoms. The van der Waals surface area contributed by atoms with Gasteiger partial charge in [-0.1, -0.05) is 23.7 Å². The van der Waals surface area contributed by atoms with Crippen LogP contribution >= 0.6 is 11.6 Å². The lowest BCUT2D eigenvalue weighted by molar-refractivity contribution is 0.799. The SMILES string of the molecule is Cc1nnc(C)n1N=Cc1cccc(Cl)c1. The van der Waals surface area contributed by atoms with Gasteiger partial charge in [-0.3, -0.25) is 0 Å². The molecule has 0 bridgehead atoms. The summed E-state index contributed by atoms with van der Waals surface area (Å²) in [5.41, 5.74) is 0.944. The van der Waals surface area contributed by atoms with E-state index in [1.165, 1.54) is 0 Å². The second-order valence-electron chi connectivity index (χ2n) is 3.41. The highest BCUT2D eigenvalue weighted by Crippen LogP contribution is 2.09. The van der Waals surface area contributed by atoms with Crippen molar-refractivity contribution in [3.05, 3.63) is 46.5 Å². The highest BCUT2D eigenvalue weighted by atomic mass is 35.5. The van der Waals surface area contributed by atoms with Gasteiger partial charge in [0.1, 0.15) is 0 Å². The topological polar surface area (TPSA) is 43.1 Å². The molecule has 0 atom stereocenters. The summed E-state index contributed by atoms with van der Waals surface area (Å²) in [6.07, 6.45) is 1.73. The molecule has 0 saturated carbocycles. The zero-order valence-corrected chi connectivity index (χ0v) is 9.81. The van der Waals surface area contributed by atoms with E-state index >= 15 is 0 Å². The molecule has 82 valence electrons. The van der Waals surface area contributed by atoms with Crippen molar-refractivity contribution in [2.75, 3.05) is 0 Å². The summed E-state index contributed by atoms with van der Waals surface area (Å²) in [5.74, 6) is 1.52. The monoisotopic (exact) mass is 234 g/mol. The van der Waals surface area contributed by atoms with Crippen LogP contribution in [0.2, 0.25) is 5.02 Å². The molecule has 0 aliphatic carbocycles. The maximum atomic E-state index is 5.87. The van der Waals surface area contributed by atoms with Crippen molar-refractivity contribution in [3.63, 3.8) is 0 Å². The van der Waals surface area contributed by atoms with Crippen molar-refractivity contribution < 1.29 is 0 Å². The van der Waals surface area contributed by atoms with Gasteiger partial charge in [0, 0.05) is 5.02 Å². The average molecular weight is 235 g/mol. The summed E-state index contributed by atoms with van der Waals surface area (Å²) >= 11 is 5.87. The van der Waals surface area contributed by atoms with Crippen LogP contribution < -0.4 is 0 Å². The Morgan fingerprint density at radius 1 is 1.25 bits per heavy atom. The molecule has 0 aliphatic heterocycles. The van der Waals surface area contributed by atoms with Crippen molar-refractivity contribution in [2.45, 2.75) is 13.8 Å². The fourth-order valence-electron chi connectivity index (χ4n) is 1.34. The number of aryl methyl sites for hydroxylation is 2. The predicted octanol–water partition coefficient (Wildman–Crippen LogP) is 2.43. The van der Waals surface area contributed by atoms with Gasteiger partial charge in [-0.05, 0) is 31.5 Å². The van der Waals surface area contributed by atoms with Gasteiger partial charge in [0.05, 0.1) is 6.21 Å². The van der Waals surface area contributed by atoms with Gasteiger partial charge in [-0.15, -0.1) is 10.2 Å². The van der Waals surface area contributed by atoms with E-state index in [0.29, 0.717) is 5.02 Å². The van der Waals surface area contributed by atoms with Crippen molar-refractivity contribution in [1.82, 2.24) is 14.9 Å². The van der Waals surface area contributed by atoms with Crippen LogP contribution in [-0.2, 0) is 0 Å². The van der Waals surface area contributed by atoms with Crippen LogP contribution in [0.3, 0.4) is 0 Å². The van der Waals surface area contributed by atoms with Gasteiger partial charge in [-0.25, -0.2) is 4.68 Å². The van der Waals surface area contributed by atoms with E-state index in [1.807, 2.05) is 38.1 Å². The molecule has 2 rings (SSSR count). The second kappa shape index (κ2) is 4.45. The van der Waals surface area contributed by atoms with Crippen molar-refractivity contribution in [2.24, 2.45) is 5.10 Å². The molecule has 1 heterocycles. The van der Waals surface area contributed by atoms with E-state index in [1.54, 1.807) is 10.9 Å². The quantitative estimate of drug-likeness (QED) is 0.749. The first kappa shape index (κ1) is 10.8. The maximum Gasteiger partial charge on any atom is 0.151 e. The molecule has 1 aromatic carbocycles. The fourth-order valence-corrected chi connectivity index (χ4v) is 1.54. The summed E-state index contributed by atoms with van der Waals surface area (Å²) < 4.78 is 1.68. The van der Waals surface area contributed by atoms with E-state index < -0.39 is 0 Å². The highest BCUT2D eigenvalue weighted by Gasteiger charge is 2.00. The molecule has 0 spiro atoms. The van der Waals surface area contributed by atoms with Gasteiger partial charge in [-0.2, -0.15) is 5.10 Å². The molecule has 0 N–H and O–H groups in total. The zero-order chi connectivity index (χ0) is 11.5. The third kappa shape index (κ3) is 2.28. The van der Waals surface area contributed by atoms with Crippen LogP contribution in [0.1, 0.15) is 17.2 Å². The molecular formula is C11H11ClN4. The molecule has 0 aliphatic rings. The summed E-state index contributed by atoms with van der Waals surface area (Å²) in [7, 11) is 0. The second-order valence-corrected chi connectivity index (χ2v) is 3.84. The molecule has 0 amide bonds. The number of aromatic nitrogens is 3. The highest BCUT2D eigenvalue weighted by molar-refractivity contribution is 6.30. The Kier molecular flexibility index (Phi) is 3.01. The maximum absolute atomic E-state index is 5.87. The van der Waals surface area contributed by atoms with Crippen LogP contribution in [-0.4, -0.2) is 21.1 Å². The zero-order valence-electron chi connectivity index (χ0n) is 9.05. The number of benzene rings is 1. The van der Waals surface area contributed by atoms with E-state index in [-0.39, 0.29) is 0 Å². The third-order valence-corrected chi connectivity index (χ3v) is 2.36. The number of rotatable bonds is 2. The van der Waals surface area contributed by atoms with Gasteiger partial charge in [0.15, 0.2) is 11.6 Å². The smallest absolute Gasteiger partial charge is 0.151 e. The summed E-state index contributed by atoms with van der Waals surface area (Å²) in [6, 6.07) is 7.49. The minimum atomic E-state index is 0.696. The first-order valence-corrected chi connectivity index (χ1v) is 5.23. The summed E-state index contributed by atoms with van der Waals surface area (Å²) in [6.45, 7) is 3.71. The Balaban J connectivity index is 2.28. The van der Waals surface area contributed by atoms with E-state index in [0.717, 1.165) is 17.2 Å². The molecule has 0 unspecified atom stereocenters. The lowest BCUT2D eigenvalue weighted by Gasteiger charge is -1.97. The van der Waals surface area contributed by atoms with E-state index in [4.69, 9.17) is 11.6 Å². The molecule has 2 aromatic rings. The Labute approximate surface area is 98.6 Å². The Hall–Kier alpha value is -1.68.